The Morgan fingerprint density at radius 3 is 2.60 bits per heavy atom. The van der Waals surface area contributed by atoms with Crippen LogP contribution in [0.2, 0.25) is 0 Å². The number of hydrogen-bond acceptors (Lipinski definition) is 5. The van der Waals surface area contributed by atoms with Crippen molar-refractivity contribution in [1.82, 2.24) is 9.88 Å². The number of likely N-dealkylation sites (tertiary alicyclic amines) is 1. The molecule has 35 heavy (non-hydrogen) atoms. The lowest BCUT2D eigenvalue weighted by molar-refractivity contribution is -0.140. The number of amides is 1. The molecule has 1 saturated heterocycles. The van der Waals surface area contributed by atoms with Gasteiger partial charge in [0, 0.05) is 24.5 Å². The molecule has 1 amide bonds. The number of pyridine rings is 1. The topological polar surface area (TPSA) is 79.7 Å². The van der Waals surface area contributed by atoms with Gasteiger partial charge in [-0.2, -0.15) is 0 Å². The number of ketones is 1. The number of nitrogens with zero attached hydrogens (tertiary/aromatic N) is 2. The van der Waals surface area contributed by atoms with E-state index in [2.05, 4.69) is 11.9 Å². The standard InChI is InChI=1S/C28H27FN2O4/c1-2-3-4-15-35-23-9-5-8-21(16-23)25-24(26(32)20-10-12-22(29)13-11-20)27(33)28(34)31(25)18-19-7-6-14-30-17-19/h5-14,16-17,25,32H,2-4,15,18H2,1H3/b26-24+. The molecule has 1 aliphatic rings. The lowest BCUT2D eigenvalue weighted by atomic mass is 9.95. The van der Waals surface area contributed by atoms with Crippen LogP contribution in [0.15, 0.2) is 78.6 Å². The van der Waals surface area contributed by atoms with Crippen molar-refractivity contribution >= 4 is 17.4 Å². The van der Waals surface area contributed by atoms with Crippen molar-refractivity contribution < 1.29 is 23.8 Å². The van der Waals surface area contributed by atoms with Crippen LogP contribution in [0.4, 0.5) is 4.39 Å². The van der Waals surface area contributed by atoms with E-state index in [0.717, 1.165) is 24.8 Å². The van der Waals surface area contributed by atoms with E-state index in [1.54, 1.807) is 36.7 Å². The Kier molecular flexibility index (Phi) is 7.55. The van der Waals surface area contributed by atoms with Crippen molar-refractivity contribution in [3.05, 3.63) is 101 Å². The highest BCUT2D eigenvalue weighted by atomic mass is 19.1. The van der Waals surface area contributed by atoms with Gasteiger partial charge in [-0.05, 0) is 60.0 Å². The van der Waals surface area contributed by atoms with E-state index in [1.807, 2.05) is 12.1 Å². The predicted octanol–water partition coefficient (Wildman–Crippen LogP) is 5.41. The number of carbonyl (C=O) groups is 2. The first kappa shape index (κ1) is 24.1. The number of ether oxygens (including phenoxy) is 1. The molecule has 2 aromatic carbocycles. The first-order valence-electron chi connectivity index (χ1n) is 11.7. The van der Waals surface area contributed by atoms with Crippen LogP contribution in [0.5, 0.6) is 5.75 Å². The third-order valence-electron chi connectivity index (χ3n) is 5.92. The zero-order chi connectivity index (χ0) is 24.8. The lowest BCUT2D eigenvalue weighted by Crippen LogP contribution is -2.29. The molecule has 2 heterocycles. The van der Waals surface area contributed by atoms with E-state index in [4.69, 9.17) is 4.74 Å². The number of halogens is 1. The maximum atomic E-state index is 13.5. The molecule has 6 nitrogen and oxygen atoms in total. The zero-order valence-corrected chi connectivity index (χ0v) is 19.5. The molecule has 180 valence electrons. The van der Waals surface area contributed by atoms with Gasteiger partial charge in [-0.15, -0.1) is 0 Å². The normalized spacial score (nSPS) is 17.1. The van der Waals surface area contributed by atoms with E-state index < -0.39 is 23.5 Å². The molecular formula is C28H27FN2O4. The summed E-state index contributed by atoms with van der Waals surface area (Å²) >= 11 is 0. The minimum atomic E-state index is -0.848. The van der Waals surface area contributed by atoms with E-state index >= 15 is 0 Å². The third-order valence-corrected chi connectivity index (χ3v) is 5.92. The maximum absolute atomic E-state index is 13.5. The number of Topliss-reactive ketones (excluding diaryl/α,β-unsaturated/α-hetero) is 1. The summed E-state index contributed by atoms with van der Waals surface area (Å²) in [5, 5.41) is 11.1. The summed E-state index contributed by atoms with van der Waals surface area (Å²) in [4.78, 5) is 31.8. The Balaban J connectivity index is 1.77. The summed E-state index contributed by atoms with van der Waals surface area (Å²) in [6.45, 7) is 2.81. The minimum absolute atomic E-state index is 0.0476. The fourth-order valence-corrected chi connectivity index (χ4v) is 4.16. The summed E-state index contributed by atoms with van der Waals surface area (Å²) in [5.74, 6) is -1.72. The van der Waals surface area contributed by atoms with Crippen LogP contribution in [0.1, 0.15) is 48.9 Å². The van der Waals surface area contributed by atoms with Gasteiger partial charge in [-0.3, -0.25) is 14.6 Å². The second-order valence-electron chi connectivity index (χ2n) is 8.42. The number of aliphatic hydroxyl groups is 1. The first-order valence-corrected chi connectivity index (χ1v) is 11.7. The van der Waals surface area contributed by atoms with Crippen LogP contribution in [0, 0.1) is 5.82 Å². The van der Waals surface area contributed by atoms with Crippen molar-refractivity contribution in [3.63, 3.8) is 0 Å². The van der Waals surface area contributed by atoms with E-state index in [1.165, 1.54) is 29.2 Å². The van der Waals surface area contributed by atoms with E-state index in [9.17, 15) is 19.1 Å². The fourth-order valence-electron chi connectivity index (χ4n) is 4.16. The number of aliphatic hydroxyl groups excluding tert-OH is 1. The molecule has 0 spiro atoms. The number of unbranched alkanes of at least 4 members (excludes halogenated alkanes) is 2. The smallest absolute Gasteiger partial charge is 0.295 e. The van der Waals surface area contributed by atoms with Crippen LogP contribution in [-0.4, -0.2) is 33.3 Å². The van der Waals surface area contributed by atoms with Gasteiger partial charge < -0.3 is 14.7 Å². The molecule has 1 unspecified atom stereocenters. The Labute approximate surface area is 203 Å². The van der Waals surface area contributed by atoms with Crippen molar-refractivity contribution in [3.8, 4) is 5.75 Å². The monoisotopic (exact) mass is 474 g/mol. The predicted molar refractivity (Wildman–Crippen MR) is 130 cm³/mol. The molecule has 0 saturated carbocycles. The highest BCUT2D eigenvalue weighted by molar-refractivity contribution is 6.46. The Morgan fingerprint density at radius 1 is 1.09 bits per heavy atom. The molecule has 0 radical (unpaired) electrons. The minimum Gasteiger partial charge on any atom is -0.507 e. The van der Waals surface area contributed by atoms with Crippen molar-refractivity contribution in [2.24, 2.45) is 0 Å². The van der Waals surface area contributed by atoms with Gasteiger partial charge in [0.1, 0.15) is 17.3 Å². The summed E-state index contributed by atoms with van der Waals surface area (Å²) in [7, 11) is 0. The fraction of sp³-hybridized carbons (Fsp3) is 0.250. The maximum Gasteiger partial charge on any atom is 0.295 e. The number of hydrogen-bond donors (Lipinski definition) is 1. The van der Waals surface area contributed by atoms with E-state index in [0.29, 0.717) is 17.9 Å². The molecule has 1 aromatic heterocycles. The average Bonchev–Trinajstić information content (AvgIpc) is 3.12. The Hall–Kier alpha value is -4.00. The third kappa shape index (κ3) is 5.40. The second-order valence-corrected chi connectivity index (χ2v) is 8.42. The summed E-state index contributed by atoms with van der Waals surface area (Å²) in [6.07, 6.45) is 6.32. The Morgan fingerprint density at radius 2 is 1.89 bits per heavy atom. The van der Waals surface area contributed by atoms with Gasteiger partial charge in [0.15, 0.2) is 0 Å². The van der Waals surface area contributed by atoms with Crippen molar-refractivity contribution in [2.45, 2.75) is 38.8 Å². The highest BCUT2D eigenvalue weighted by Crippen LogP contribution is 2.41. The van der Waals surface area contributed by atoms with Gasteiger partial charge in [0.25, 0.3) is 11.7 Å². The van der Waals surface area contributed by atoms with Crippen LogP contribution >= 0.6 is 0 Å². The van der Waals surface area contributed by atoms with E-state index in [-0.39, 0.29) is 23.4 Å². The molecular weight excluding hydrogens is 447 g/mol. The molecule has 0 bridgehead atoms. The van der Waals surface area contributed by atoms with Crippen LogP contribution in [0.25, 0.3) is 5.76 Å². The molecule has 0 aliphatic carbocycles. The van der Waals surface area contributed by atoms with Crippen molar-refractivity contribution in [2.75, 3.05) is 6.61 Å². The van der Waals surface area contributed by atoms with Crippen LogP contribution in [0.3, 0.4) is 0 Å². The molecule has 1 aliphatic heterocycles. The molecule has 1 atom stereocenters. The van der Waals surface area contributed by atoms with Crippen molar-refractivity contribution in [1.29, 1.82) is 0 Å². The highest BCUT2D eigenvalue weighted by Gasteiger charge is 2.46. The quantitative estimate of drug-likeness (QED) is 0.194. The molecule has 7 heteroatoms. The lowest BCUT2D eigenvalue weighted by Gasteiger charge is -2.25. The second kappa shape index (κ2) is 11.0. The van der Waals surface area contributed by atoms with Gasteiger partial charge in [0.05, 0.1) is 18.2 Å². The summed E-state index contributed by atoms with van der Waals surface area (Å²) < 4.78 is 19.4. The Bertz CT molecular complexity index is 1230. The molecule has 1 N–H and O–H groups in total. The zero-order valence-electron chi connectivity index (χ0n) is 19.5. The SMILES string of the molecule is CCCCCOc1cccc(C2/C(=C(\O)c3ccc(F)cc3)C(=O)C(=O)N2Cc2cccnc2)c1. The van der Waals surface area contributed by atoms with Gasteiger partial charge >= 0.3 is 0 Å². The first-order chi connectivity index (χ1) is 17.0. The summed E-state index contributed by atoms with van der Waals surface area (Å²) in [5.41, 5.74) is 1.58. The molecule has 3 aromatic rings. The van der Waals surface area contributed by atoms with Crippen LogP contribution < -0.4 is 4.74 Å². The van der Waals surface area contributed by atoms with Gasteiger partial charge in [-0.1, -0.05) is 38.0 Å². The number of rotatable bonds is 9. The summed E-state index contributed by atoms with van der Waals surface area (Å²) in [6, 6.07) is 15.1. The number of carbonyl (C=O) groups excluding carboxylic acids is 2. The molecule has 1 fully saturated rings. The number of aromatic nitrogens is 1. The largest absolute Gasteiger partial charge is 0.507 e. The average molecular weight is 475 g/mol. The van der Waals surface area contributed by atoms with Gasteiger partial charge in [0.2, 0.25) is 0 Å². The number of benzene rings is 2. The molecule has 4 rings (SSSR count). The van der Waals surface area contributed by atoms with Crippen LogP contribution in [-0.2, 0) is 16.1 Å². The van der Waals surface area contributed by atoms with Gasteiger partial charge in [-0.25, -0.2) is 4.39 Å².